The van der Waals surface area contributed by atoms with Gasteiger partial charge in [-0.15, -0.1) is 0 Å². The first kappa shape index (κ1) is 47.7. The first-order valence-electron chi connectivity index (χ1n) is 22.3. The van der Waals surface area contributed by atoms with E-state index in [1.807, 2.05) is 57.7 Å². The van der Waals surface area contributed by atoms with E-state index >= 15 is 4.39 Å². The molecule has 1 aromatic carbocycles. The SMILES string of the molecule is [2H]CC1OC(N2C=CC(=O)NC2=C)C(F)C1OP(OC(C)CCCSSC(C)(C)CN1CCN(C(=O)c2ccc(C3OCC(CC)(CC)CO3)cc2)CC1)N(C(C)C)C(C)C. The number of ether oxygens (including phenoxy) is 3. The highest BCUT2D eigenvalue weighted by Crippen LogP contribution is 2.51. The van der Waals surface area contributed by atoms with Gasteiger partial charge in [-0.3, -0.25) is 14.5 Å². The fraction of sp³-hybridized carbons (Fsp3) is 0.727. The molecule has 16 heteroatoms. The molecule has 5 rings (SSSR count). The molecule has 338 valence electrons. The largest absolute Gasteiger partial charge is 0.349 e. The van der Waals surface area contributed by atoms with Crippen molar-refractivity contribution >= 4 is 41.9 Å². The summed E-state index contributed by atoms with van der Waals surface area (Å²) in [4.78, 5) is 31.1. The average molecular weight is 897 g/mol. The molecule has 4 heterocycles. The Hall–Kier alpha value is -1.78. The van der Waals surface area contributed by atoms with Gasteiger partial charge in [0.15, 0.2) is 18.7 Å². The number of alkyl halides is 1. The van der Waals surface area contributed by atoms with Gasteiger partial charge in [0.1, 0.15) is 11.9 Å². The quantitative estimate of drug-likeness (QED) is 0.0769. The van der Waals surface area contributed by atoms with Crippen molar-refractivity contribution in [3.05, 3.63) is 60.1 Å². The van der Waals surface area contributed by atoms with E-state index in [2.05, 4.69) is 76.9 Å². The minimum Gasteiger partial charge on any atom is -0.349 e. The number of amides is 2. The van der Waals surface area contributed by atoms with Crippen molar-refractivity contribution in [1.29, 1.82) is 0 Å². The third kappa shape index (κ3) is 12.9. The third-order valence-corrected chi connectivity index (χ3v) is 17.3. The van der Waals surface area contributed by atoms with Crippen molar-refractivity contribution < 1.29 is 38.6 Å². The van der Waals surface area contributed by atoms with E-state index in [1.54, 1.807) is 0 Å². The minimum atomic E-state index is -1.70. The maximum absolute atomic E-state index is 16.2. The molecule has 0 aromatic heterocycles. The molecule has 1 N–H and O–H groups in total. The Kier molecular flexibility index (Phi) is 17.7. The molecule has 1 aromatic rings. The predicted molar refractivity (Wildman–Crippen MR) is 242 cm³/mol. The molecule has 6 atom stereocenters. The second-order valence-electron chi connectivity index (χ2n) is 17.6. The molecule has 0 saturated carbocycles. The lowest BCUT2D eigenvalue weighted by Gasteiger charge is -2.39. The molecule has 4 aliphatic heterocycles. The van der Waals surface area contributed by atoms with Crippen molar-refractivity contribution in [2.24, 2.45) is 5.41 Å². The van der Waals surface area contributed by atoms with Gasteiger partial charge in [0, 0.05) is 85.5 Å². The molecule has 2 amide bonds. The number of carbonyl (C=O) groups excluding carboxylic acids is 2. The van der Waals surface area contributed by atoms with E-state index in [4.69, 9.17) is 24.6 Å². The lowest BCUT2D eigenvalue weighted by Crippen LogP contribution is -2.51. The van der Waals surface area contributed by atoms with Crippen molar-refractivity contribution in [3.63, 3.8) is 0 Å². The van der Waals surface area contributed by atoms with Gasteiger partial charge < -0.3 is 38.4 Å². The van der Waals surface area contributed by atoms with Crippen LogP contribution in [-0.4, -0.2) is 130 Å². The average Bonchev–Trinajstić information content (AvgIpc) is 3.54. The number of nitrogens with zero attached hydrogens (tertiary/aromatic N) is 4. The molecule has 0 bridgehead atoms. The van der Waals surface area contributed by atoms with E-state index in [0.717, 1.165) is 56.6 Å². The van der Waals surface area contributed by atoms with Crippen LogP contribution in [-0.2, 0) is 28.1 Å². The maximum Gasteiger partial charge on any atom is 0.259 e. The fourth-order valence-electron chi connectivity index (χ4n) is 7.90. The zero-order chi connectivity index (χ0) is 44.5. The standard InChI is InChI=1S/C44H71FN5O7PS2/c1-12-44(13-2)28-53-42(54-29-44)36-18-16-35(17-19-36)40(52)48-24-22-47(23-25-48)27-43(10,11)60-59-26-14-15-32(7)56-58(50(30(3)4)31(5)6)57-39-33(8)55-41(38(39)45)49-21-20-37(51)46-34(49)9/h16-21,30-33,38-39,41-42H,9,12-15,22-29H2,1-8,10-11H3,(H,46,51)/i8D. The molecule has 6 unspecified atom stereocenters. The number of piperazine rings is 1. The Morgan fingerprint density at radius 1 is 1.10 bits per heavy atom. The smallest absolute Gasteiger partial charge is 0.259 e. The number of hydrogen-bond donors (Lipinski definition) is 1. The summed E-state index contributed by atoms with van der Waals surface area (Å²) in [6.07, 6.45) is 1.47. The Balaban J connectivity index is 1.04. The summed E-state index contributed by atoms with van der Waals surface area (Å²) in [5.41, 5.74) is 1.73. The Morgan fingerprint density at radius 2 is 1.75 bits per heavy atom. The fourth-order valence-corrected chi connectivity index (χ4v) is 12.4. The summed E-state index contributed by atoms with van der Waals surface area (Å²) in [6.45, 7) is 28.3. The van der Waals surface area contributed by atoms with Crippen LogP contribution in [0, 0.1) is 5.41 Å². The third-order valence-electron chi connectivity index (χ3n) is 11.6. The van der Waals surface area contributed by atoms with Crippen LogP contribution in [0.15, 0.2) is 48.9 Å². The Morgan fingerprint density at radius 3 is 2.33 bits per heavy atom. The molecule has 3 fully saturated rings. The highest BCUT2D eigenvalue weighted by Gasteiger charge is 2.49. The second-order valence-corrected chi connectivity index (χ2v) is 22.1. The van der Waals surface area contributed by atoms with Crippen LogP contribution in [0.4, 0.5) is 4.39 Å². The zero-order valence-corrected chi connectivity index (χ0v) is 39.8. The number of nitrogens with one attached hydrogen (secondary N) is 1. The molecule has 3 saturated heterocycles. The van der Waals surface area contributed by atoms with Gasteiger partial charge in [0.05, 0.1) is 25.4 Å². The first-order chi connectivity index (χ1) is 29.0. The number of hydrogen-bond acceptors (Lipinski definition) is 12. The number of rotatable bonds is 20. The molecular weight excluding hydrogens is 825 g/mol. The predicted octanol–water partition coefficient (Wildman–Crippen LogP) is 8.87. The Labute approximate surface area is 369 Å². The summed E-state index contributed by atoms with van der Waals surface area (Å²) in [7, 11) is 2.07. The van der Waals surface area contributed by atoms with Crippen LogP contribution < -0.4 is 5.32 Å². The van der Waals surface area contributed by atoms with Crippen LogP contribution >= 0.6 is 30.1 Å². The van der Waals surface area contributed by atoms with E-state index in [1.165, 1.54) is 17.2 Å². The minimum absolute atomic E-state index is 0.0175. The van der Waals surface area contributed by atoms with Gasteiger partial charge in [0.2, 0.25) is 0 Å². The van der Waals surface area contributed by atoms with Gasteiger partial charge in [-0.25, -0.2) is 9.06 Å². The van der Waals surface area contributed by atoms with Crippen LogP contribution in [0.25, 0.3) is 0 Å². The monoisotopic (exact) mass is 896 g/mol. The molecule has 60 heavy (non-hydrogen) atoms. The number of carbonyl (C=O) groups is 2. The van der Waals surface area contributed by atoms with Gasteiger partial charge in [-0.05, 0) is 93.2 Å². The zero-order valence-electron chi connectivity index (χ0n) is 38.3. The van der Waals surface area contributed by atoms with Gasteiger partial charge in [0.25, 0.3) is 20.3 Å². The topological polar surface area (TPSA) is 105 Å². The van der Waals surface area contributed by atoms with Crippen LogP contribution in [0.5, 0.6) is 0 Å². The van der Waals surface area contributed by atoms with Crippen molar-refractivity contribution in [3.8, 4) is 0 Å². The van der Waals surface area contributed by atoms with Crippen LogP contribution in [0.2, 0.25) is 0 Å². The van der Waals surface area contributed by atoms with Crippen LogP contribution in [0.1, 0.15) is 118 Å². The number of halogens is 1. The van der Waals surface area contributed by atoms with E-state index in [0.29, 0.717) is 31.9 Å². The van der Waals surface area contributed by atoms with E-state index < -0.39 is 33.1 Å². The van der Waals surface area contributed by atoms with Crippen molar-refractivity contribution in [2.45, 2.75) is 149 Å². The van der Waals surface area contributed by atoms with E-state index in [-0.39, 0.29) is 59.2 Å². The molecule has 0 radical (unpaired) electrons. The Bertz CT molecular complexity index is 1600. The normalized spacial score (nSPS) is 25.6. The summed E-state index contributed by atoms with van der Waals surface area (Å²) < 4.78 is 57.8. The number of benzene rings is 1. The summed E-state index contributed by atoms with van der Waals surface area (Å²) >= 11 is 0. The maximum atomic E-state index is 16.2. The lowest BCUT2D eigenvalue weighted by atomic mass is 9.83. The molecule has 0 spiro atoms. The molecule has 0 aliphatic carbocycles. The highest BCUT2D eigenvalue weighted by atomic mass is 33.1. The van der Waals surface area contributed by atoms with Crippen molar-refractivity contribution in [1.82, 2.24) is 24.7 Å². The first-order valence-corrected chi connectivity index (χ1v) is 25.1. The lowest BCUT2D eigenvalue weighted by molar-refractivity contribution is -0.235. The van der Waals surface area contributed by atoms with Gasteiger partial charge in [-0.1, -0.05) is 54.1 Å². The van der Waals surface area contributed by atoms with Crippen molar-refractivity contribution in [2.75, 3.05) is 51.7 Å². The highest BCUT2D eigenvalue weighted by molar-refractivity contribution is 8.77. The summed E-state index contributed by atoms with van der Waals surface area (Å²) in [5, 5.41) is 2.59. The summed E-state index contributed by atoms with van der Waals surface area (Å²) in [5.74, 6) is 0.885. The van der Waals surface area contributed by atoms with Crippen LogP contribution in [0.3, 0.4) is 0 Å². The second kappa shape index (κ2) is 22.2. The van der Waals surface area contributed by atoms with Gasteiger partial charge >= 0.3 is 0 Å². The summed E-state index contributed by atoms with van der Waals surface area (Å²) in [6, 6.07) is 7.85. The molecule has 12 nitrogen and oxygen atoms in total. The molecule has 4 aliphatic rings. The van der Waals surface area contributed by atoms with E-state index in [9.17, 15) is 9.59 Å². The van der Waals surface area contributed by atoms with Gasteiger partial charge in [-0.2, -0.15) is 0 Å². The molecular formula is C44H71FN5O7PS2.